The summed E-state index contributed by atoms with van der Waals surface area (Å²) in [5, 5.41) is 18.0. The standard InChI is InChI=1S/C12H4N2O3/c13-5-11-9(15)7-3-1-2-4-8(7)10(16)12(11,6-14)17-11/h1-4H/t11-,12-/m1/s1. The van der Waals surface area contributed by atoms with Gasteiger partial charge in [0.25, 0.3) is 11.2 Å². The third-order valence-corrected chi connectivity index (χ3v) is 3.13. The molecule has 5 heteroatoms. The first kappa shape index (κ1) is 9.71. The third-order valence-electron chi connectivity index (χ3n) is 3.13. The molecule has 3 rings (SSSR count). The maximum Gasteiger partial charge on any atom is 0.269 e. The summed E-state index contributed by atoms with van der Waals surface area (Å²) in [6.07, 6.45) is 0. The van der Waals surface area contributed by atoms with Crippen LogP contribution in [-0.4, -0.2) is 22.8 Å². The number of carbonyl (C=O) groups excluding carboxylic acids is 2. The van der Waals surface area contributed by atoms with Crippen LogP contribution in [0.2, 0.25) is 0 Å². The molecule has 0 unspecified atom stereocenters. The number of ketones is 2. The van der Waals surface area contributed by atoms with E-state index in [4.69, 9.17) is 15.3 Å². The van der Waals surface area contributed by atoms with Crippen molar-refractivity contribution in [1.82, 2.24) is 0 Å². The van der Waals surface area contributed by atoms with Crippen LogP contribution in [0.25, 0.3) is 0 Å². The Hall–Kier alpha value is -2.50. The number of fused-ring (bicyclic) bond motifs is 2. The first-order valence-corrected chi connectivity index (χ1v) is 4.84. The molecule has 0 N–H and O–H groups in total. The lowest BCUT2D eigenvalue weighted by Crippen LogP contribution is -2.43. The second kappa shape index (κ2) is 2.60. The van der Waals surface area contributed by atoms with E-state index in [1.54, 1.807) is 24.3 Å². The summed E-state index contributed by atoms with van der Waals surface area (Å²) in [6.45, 7) is 0. The van der Waals surface area contributed by atoms with E-state index in [2.05, 4.69) is 0 Å². The molecule has 17 heavy (non-hydrogen) atoms. The minimum absolute atomic E-state index is 0.141. The molecule has 1 heterocycles. The molecule has 0 spiro atoms. The molecular formula is C12H4N2O3. The SMILES string of the molecule is N#C[C@]12O[C@]1(C#N)C(=O)c1ccccc1C2=O. The van der Waals surface area contributed by atoms with E-state index in [1.807, 2.05) is 0 Å². The molecule has 80 valence electrons. The highest BCUT2D eigenvalue weighted by molar-refractivity contribution is 6.27. The second-order valence-corrected chi connectivity index (χ2v) is 3.89. The average molecular weight is 224 g/mol. The van der Waals surface area contributed by atoms with Gasteiger partial charge in [-0.3, -0.25) is 9.59 Å². The lowest BCUT2D eigenvalue weighted by Gasteiger charge is -2.16. The molecule has 1 aliphatic heterocycles. The fraction of sp³-hybridized carbons (Fsp3) is 0.167. The molecule has 2 atom stereocenters. The number of hydrogen-bond donors (Lipinski definition) is 0. The Bertz CT molecular complexity index is 610. The van der Waals surface area contributed by atoms with Gasteiger partial charge in [-0.05, 0) is 0 Å². The Balaban J connectivity index is 2.34. The van der Waals surface area contributed by atoms with Gasteiger partial charge in [0, 0.05) is 11.1 Å². The number of carbonyl (C=O) groups is 2. The summed E-state index contributed by atoms with van der Waals surface area (Å²) < 4.78 is 4.94. The quantitative estimate of drug-likeness (QED) is 0.602. The molecule has 0 aromatic heterocycles. The number of Topliss-reactive ketones (excluding diaryl/α,β-unsaturated/α-hetero) is 2. The van der Waals surface area contributed by atoms with E-state index in [1.165, 1.54) is 12.1 Å². The van der Waals surface area contributed by atoms with Crippen LogP contribution in [-0.2, 0) is 4.74 Å². The zero-order valence-electron chi connectivity index (χ0n) is 8.43. The summed E-state index contributed by atoms with van der Waals surface area (Å²) in [4.78, 5) is 24.1. The Morgan fingerprint density at radius 3 is 1.71 bits per heavy atom. The van der Waals surface area contributed by atoms with Gasteiger partial charge in [-0.1, -0.05) is 24.3 Å². The summed E-state index contributed by atoms with van der Waals surface area (Å²) in [6, 6.07) is 9.40. The highest BCUT2D eigenvalue weighted by Crippen LogP contribution is 2.54. The normalized spacial score (nSPS) is 33.1. The lowest BCUT2D eigenvalue weighted by atomic mass is 9.75. The summed E-state index contributed by atoms with van der Waals surface area (Å²) >= 11 is 0. The van der Waals surface area contributed by atoms with Gasteiger partial charge < -0.3 is 4.74 Å². The van der Waals surface area contributed by atoms with Crippen LogP contribution in [0.1, 0.15) is 20.7 Å². The van der Waals surface area contributed by atoms with Gasteiger partial charge in [-0.2, -0.15) is 10.5 Å². The molecule has 1 saturated heterocycles. The zero-order valence-corrected chi connectivity index (χ0v) is 8.43. The summed E-state index contributed by atoms with van der Waals surface area (Å²) in [5.41, 5.74) is -3.59. The van der Waals surface area contributed by atoms with Crippen molar-refractivity contribution in [1.29, 1.82) is 10.5 Å². The topological polar surface area (TPSA) is 94.2 Å². The Kier molecular flexibility index (Phi) is 1.48. The van der Waals surface area contributed by atoms with Gasteiger partial charge >= 0.3 is 0 Å². The Morgan fingerprint density at radius 1 is 0.941 bits per heavy atom. The van der Waals surface area contributed by atoms with Crippen molar-refractivity contribution in [3.8, 4) is 12.1 Å². The van der Waals surface area contributed by atoms with Crippen LogP contribution in [0, 0.1) is 22.7 Å². The predicted molar refractivity (Wildman–Crippen MR) is 52.9 cm³/mol. The van der Waals surface area contributed by atoms with Crippen LogP contribution >= 0.6 is 0 Å². The second-order valence-electron chi connectivity index (χ2n) is 3.89. The molecule has 5 nitrogen and oxygen atoms in total. The fourth-order valence-electron chi connectivity index (χ4n) is 2.18. The number of epoxide rings is 1. The van der Waals surface area contributed by atoms with Gasteiger partial charge in [-0.15, -0.1) is 0 Å². The molecule has 0 amide bonds. The molecule has 0 saturated carbocycles. The largest absolute Gasteiger partial charge is 0.316 e. The Morgan fingerprint density at radius 2 is 1.35 bits per heavy atom. The molecule has 1 aromatic rings. The molecule has 1 aromatic carbocycles. The monoisotopic (exact) mass is 224 g/mol. The lowest BCUT2D eigenvalue weighted by molar-refractivity contribution is 0.0882. The van der Waals surface area contributed by atoms with Crippen molar-refractivity contribution in [2.45, 2.75) is 11.2 Å². The minimum atomic E-state index is -1.94. The molecule has 0 bridgehead atoms. The number of rotatable bonds is 0. The van der Waals surface area contributed by atoms with E-state index in [0.717, 1.165) is 0 Å². The molecular weight excluding hydrogens is 220 g/mol. The van der Waals surface area contributed by atoms with E-state index >= 15 is 0 Å². The number of nitrogens with zero attached hydrogens (tertiary/aromatic N) is 2. The van der Waals surface area contributed by atoms with Crippen molar-refractivity contribution in [3.63, 3.8) is 0 Å². The number of benzene rings is 1. The molecule has 0 radical (unpaired) electrons. The highest BCUT2D eigenvalue weighted by Gasteiger charge is 2.83. The van der Waals surface area contributed by atoms with Crippen LogP contribution in [0.5, 0.6) is 0 Å². The van der Waals surface area contributed by atoms with Gasteiger partial charge in [0.15, 0.2) is 0 Å². The Labute approximate surface area is 95.8 Å². The van der Waals surface area contributed by atoms with E-state index in [-0.39, 0.29) is 11.1 Å². The van der Waals surface area contributed by atoms with Crippen molar-refractivity contribution in [2.24, 2.45) is 0 Å². The maximum absolute atomic E-state index is 12.1. The number of hydrogen-bond acceptors (Lipinski definition) is 5. The van der Waals surface area contributed by atoms with Gasteiger partial charge in [0.2, 0.25) is 11.6 Å². The first-order valence-electron chi connectivity index (χ1n) is 4.84. The van der Waals surface area contributed by atoms with Crippen molar-refractivity contribution in [3.05, 3.63) is 35.4 Å². The molecule has 1 aliphatic carbocycles. The highest BCUT2D eigenvalue weighted by atomic mass is 16.6. The minimum Gasteiger partial charge on any atom is -0.316 e. The third kappa shape index (κ3) is 0.791. The average Bonchev–Trinajstić information content (AvgIpc) is 3.08. The summed E-state index contributed by atoms with van der Waals surface area (Å²) in [5.74, 6) is -1.23. The zero-order chi connectivity index (χ0) is 12.3. The summed E-state index contributed by atoms with van der Waals surface area (Å²) in [7, 11) is 0. The van der Waals surface area contributed by atoms with Crippen LogP contribution < -0.4 is 0 Å². The van der Waals surface area contributed by atoms with Gasteiger partial charge in [0.1, 0.15) is 12.1 Å². The molecule has 1 fully saturated rings. The van der Waals surface area contributed by atoms with Gasteiger partial charge in [-0.25, -0.2) is 0 Å². The van der Waals surface area contributed by atoms with Crippen molar-refractivity contribution >= 4 is 11.6 Å². The predicted octanol–water partition coefficient (Wildman–Crippen LogP) is 0.621. The van der Waals surface area contributed by atoms with Crippen LogP contribution in [0.15, 0.2) is 24.3 Å². The smallest absolute Gasteiger partial charge is 0.269 e. The van der Waals surface area contributed by atoms with Crippen LogP contribution in [0.3, 0.4) is 0 Å². The number of ether oxygens (including phenoxy) is 1. The van der Waals surface area contributed by atoms with Gasteiger partial charge in [0.05, 0.1) is 0 Å². The fourth-order valence-corrected chi connectivity index (χ4v) is 2.18. The number of nitriles is 2. The van der Waals surface area contributed by atoms with Crippen LogP contribution in [0.4, 0.5) is 0 Å². The van der Waals surface area contributed by atoms with E-state index in [9.17, 15) is 9.59 Å². The van der Waals surface area contributed by atoms with Crippen molar-refractivity contribution in [2.75, 3.05) is 0 Å². The van der Waals surface area contributed by atoms with E-state index in [0.29, 0.717) is 0 Å². The van der Waals surface area contributed by atoms with E-state index < -0.39 is 22.8 Å². The first-order chi connectivity index (χ1) is 8.13. The molecule has 2 aliphatic rings. The maximum atomic E-state index is 12.1. The van der Waals surface area contributed by atoms with Crippen molar-refractivity contribution < 1.29 is 14.3 Å².